The number of nitrogens with zero attached hydrogens (tertiary/aromatic N) is 2. The highest BCUT2D eigenvalue weighted by molar-refractivity contribution is 9.10. The van der Waals surface area contributed by atoms with Crippen molar-refractivity contribution in [2.45, 2.75) is 32.2 Å². The average molecular weight is 348 g/mol. The lowest BCUT2D eigenvalue weighted by molar-refractivity contribution is 0.0660. The summed E-state index contributed by atoms with van der Waals surface area (Å²) in [5.74, 6) is 0. The molecule has 0 fully saturated rings. The maximum Gasteiger partial charge on any atom is 0.0766 e. The highest BCUT2D eigenvalue weighted by Crippen LogP contribution is 2.23. The van der Waals surface area contributed by atoms with Crippen molar-refractivity contribution >= 4 is 15.9 Å². The third-order valence-corrected chi connectivity index (χ3v) is 4.31. The van der Waals surface area contributed by atoms with Crippen LogP contribution in [0.4, 0.5) is 0 Å². The van der Waals surface area contributed by atoms with Gasteiger partial charge in [0.05, 0.1) is 29.1 Å². The maximum absolute atomic E-state index is 5.53. The normalized spacial score (nSPS) is 12.8. The molecule has 1 aromatic rings. The number of likely N-dealkylation sites (N-methyl/N-ethyl adjacent to an activating group) is 1. The van der Waals surface area contributed by atoms with Gasteiger partial charge in [0.1, 0.15) is 0 Å². The van der Waals surface area contributed by atoms with Crippen molar-refractivity contribution in [1.29, 1.82) is 0 Å². The Hall–Kier alpha value is -0.430. The Morgan fingerprint density at radius 1 is 1.35 bits per heavy atom. The van der Waals surface area contributed by atoms with Crippen LogP contribution in [-0.2, 0) is 29.4 Å². The summed E-state index contributed by atoms with van der Waals surface area (Å²) in [6.45, 7) is 4.17. The molecule has 1 N–H and O–H groups in total. The second-order valence-electron chi connectivity index (χ2n) is 4.77. The van der Waals surface area contributed by atoms with E-state index in [-0.39, 0.29) is 0 Å². The average Bonchev–Trinajstić information content (AvgIpc) is 2.72. The molecule has 0 aromatic carbocycles. The zero-order valence-electron chi connectivity index (χ0n) is 12.9. The molecular weight excluding hydrogens is 322 g/mol. The fourth-order valence-corrected chi connectivity index (χ4v) is 2.87. The molecule has 0 spiro atoms. The molecule has 5 nitrogen and oxygen atoms in total. The summed E-state index contributed by atoms with van der Waals surface area (Å²) in [6.07, 6.45) is 2.85. The second kappa shape index (κ2) is 9.50. The number of aromatic nitrogens is 2. The van der Waals surface area contributed by atoms with Gasteiger partial charge in [-0.25, -0.2) is 0 Å². The predicted octanol–water partition coefficient (Wildman–Crippen LogP) is 1.93. The summed E-state index contributed by atoms with van der Waals surface area (Å²) in [6, 6.07) is 0.383. The van der Waals surface area contributed by atoms with Crippen molar-refractivity contribution in [2.24, 2.45) is 7.05 Å². The van der Waals surface area contributed by atoms with Crippen LogP contribution >= 0.6 is 15.9 Å². The summed E-state index contributed by atoms with van der Waals surface area (Å²) in [7, 11) is 5.68. The third kappa shape index (κ3) is 5.16. The van der Waals surface area contributed by atoms with Gasteiger partial charge < -0.3 is 14.8 Å². The van der Waals surface area contributed by atoms with Crippen LogP contribution in [0.25, 0.3) is 0 Å². The van der Waals surface area contributed by atoms with Crippen LogP contribution in [0.5, 0.6) is 0 Å². The van der Waals surface area contributed by atoms with E-state index in [0.717, 1.165) is 36.0 Å². The first-order chi connectivity index (χ1) is 9.63. The summed E-state index contributed by atoms with van der Waals surface area (Å²) < 4.78 is 13.6. The number of ether oxygens (including phenoxy) is 2. The van der Waals surface area contributed by atoms with E-state index < -0.39 is 0 Å². The van der Waals surface area contributed by atoms with E-state index in [4.69, 9.17) is 9.47 Å². The van der Waals surface area contributed by atoms with Crippen molar-refractivity contribution in [2.75, 3.05) is 34.0 Å². The van der Waals surface area contributed by atoms with Gasteiger partial charge >= 0.3 is 0 Å². The molecule has 1 aromatic heterocycles. The van der Waals surface area contributed by atoms with Crippen molar-refractivity contribution in [1.82, 2.24) is 15.1 Å². The summed E-state index contributed by atoms with van der Waals surface area (Å²) in [5.41, 5.74) is 2.35. The standard InChI is InChI=1S/C14H26BrN3O2/c1-5-12-14(15)13(18(3)17-12)10-11(16-2)6-7-20-9-8-19-4/h11,16H,5-10H2,1-4H3. The zero-order chi connectivity index (χ0) is 15.0. The molecule has 0 radical (unpaired) electrons. The van der Waals surface area contributed by atoms with Gasteiger partial charge in [-0.15, -0.1) is 0 Å². The van der Waals surface area contributed by atoms with E-state index in [1.807, 2.05) is 18.8 Å². The maximum atomic E-state index is 5.53. The molecule has 1 atom stereocenters. The van der Waals surface area contributed by atoms with Crippen LogP contribution in [0.1, 0.15) is 24.7 Å². The Morgan fingerprint density at radius 3 is 2.65 bits per heavy atom. The lowest BCUT2D eigenvalue weighted by atomic mass is 10.1. The molecule has 1 rings (SSSR count). The van der Waals surface area contributed by atoms with Crippen LogP contribution in [0, 0.1) is 0 Å². The number of hydrogen-bond donors (Lipinski definition) is 1. The van der Waals surface area contributed by atoms with Gasteiger partial charge in [-0.2, -0.15) is 5.10 Å². The minimum Gasteiger partial charge on any atom is -0.382 e. The van der Waals surface area contributed by atoms with E-state index in [9.17, 15) is 0 Å². The quantitative estimate of drug-likeness (QED) is 0.657. The van der Waals surface area contributed by atoms with Gasteiger partial charge in [0.2, 0.25) is 0 Å². The van der Waals surface area contributed by atoms with E-state index in [0.29, 0.717) is 19.3 Å². The Kier molecular flexibility index (Phi) is 8.37. The molecule has 20 heavy (non-hydrogen) atoms. The lowest BCUT2D eigenvalue weighted by Crippen LogP contribution is -2.30. The molecule has 6 heteroatoms. The Balaban J connectivity index is 2.49. The molecule has 116 valence electrons. The SMILES string of the molecule is CCc1nn(C)c(CC(CCOCCOC)NC)c1Br. The first-order valence-corrected chi connectivity index (χ1v) is 7.87. The molecule has 0 aliphatic heterocycles. The molecule has 0 saturated carbocycles. The van der Waals surface area contributed by atoms with E-state index >= 15 is 0 Å². The lowest BCUT2D eigenvalue weighted by Gasteiger charge is -2.16. The molecule has 0 amide bonds. The molecule has 0 aliphatic rings. The fourth-order valence-electron chi connectivity index (χ4n) is 2.09. The zero-order valence-corrected chi connectivity index (χ0v) is 14.5. The van der Waals surface area contributed by atoms with Crippen LogP contribution < -0.4 is 5.32 Å². The molecule has 0 aliphatic carbocycles. The van der Waals surface area contributed by atoms with E-state index in [2.05, 4.69) is 33.3 Å². The van der Waals surface area contributed by atoms with Crippen molar-refractivity contribution in [3.05, 3.63) is 15.9 Å². The molecule has 1 unspecified atom stereocenters. The highest BCUT2D eigenvalue weighted by Gasteiger charge is 2.16. The molecule has 1 heterocycles. The van der Waals surface area contributed by atoms with Crippen LogP contribution in [0.3, 0.4) is 0 Å². The number of nitrogens with one attached hydrogen (secondary N) is 1. The number of halogens is 1. The van der Waals surface area contributed by atoms with Gasteiger partial charge in [0.15, 0.2) is 0 Å². The monoisotopic (exact) mass is 347 g/mol. The van der Waals surface area contributed by atoms with Gasteiger partial charge in [-0.3, -0.25) is 4.68 Å². The Labute approximate surface area is 130 Å². The predicted molar refractivity (Wildman–Crippen MR) is 84.1 cm³/mol. The van der Waals surface area contributed by atoms with Crippen molar-refractivity contribution in [3.63, 3.8) is 0 Å². The summed E-state index contributed by atoms with van der Waals surface area (Å²) in [4.78, 5) is 0. The Morgan fingerprint density at radius 2 is 2.10 bits per heavy atom. The van der Waals surface area contributed by atoms with E-state index in [1.165, 1.54) is 5.69 Å². The minimum atomic E-state index is 0.383. The topological polar surface area (TPSA) is 48.3 Å². The molecule has 0 saturated heterocycles. The number of hydrogen-bond acceptors (Lipinski definition) is 4. The van der Waals surface area contributed by atoms with Gasteiger partial charge in [0.25, 0.3) is 0 Å². The summed E-state index contributed by atoms with van der Waals surface area (Å²) in [5, 5.41) is 7.88. The fraction of sp³-hybridized carbons (Fsp3) is 0.786. The van der Waals surface area contributed by atoms with Crippen LogP contribution in [0.2, 0.25) is 0 Å². The van der Waals surface area contributed by atoms with Crippen LogP contribution in [-0.4, -0.2) is 49.8 Å². The Bertz CT molecular complexity index is 396. The number of rotatable bonds is 10. The van der Waals surface area contributed by atoms with Crippen molar-refractivity contribution in [3.8, 4) is 0 Å². The van der Waals surface area contributed by atoms with Crippen molar-refractivity contribution < 1.29 is 9.47 Å². The highest BCUT2D eigenvalue weighted by atomic mass is 79.9. The number of methoxy groups -OCH3 is 1. The first-order valence-electron chi connectivity index (χ1n) is 7.08. The van der Waals surface area contributed by atoms with E-state index in [1.54, 1.807) is 7.11 Å². The van der Waals surface area contributed by atoms with Crippen LogP contribution in [0.15, 0.2) is 4.47 Å². The van der Waals surface area contributed by atoms with Gasteiger partial charge in [-0.05, 0) is 35.8 Å². The largest absolute Gasteiger partial charge is 0.382 e. The second-order valence-corrected chi connectivity index (χ2v) is 5.56. The summed E-state index contributed by atoms with van der Waals surface area (Å²) >= 11 is 3.66. The smallest absolute Gasteiger partial charge is 0.0766 e. The first kappa shape index (κ1) is 17.6. The molecular formula is C14H26BrN3O2. The minimum absolute atomic E-state index is 0.383. The third-order valence-electron chi connectivity index (χ3n) is 3.39. The van der Waals surface area contributed by atoms with Gasteiger partial charge in [0, 0.05) is 33.2 Å². The number of aryl methyl sites for hydroxylation is 2. The molecule has 0 bridgehead atoms. The van der Waals surface area contributed by atoms with Gasteiger partial charge in [-0.1, -0.05) is 6.92 Å².